The summed E-state index contributed by atoms with van der Waals surface area (Å²) in [6.45, 7) is 0.986. The van der Waals surface area contributed by atoms with Gasteiger partial charge in [0.1, 0.15) is 18.1 Å². The molecule has 7 nitrogen and oxygen atoms in total. The highest BCUT2D eigenvalue weighted by Crippen LogP contribution is 2.24. The summed E-state index contributed by atoms with van der Waals surface area (Å²) >= 11 is 0. The van der Waals surface area contributed by atoms with E-state index in [-0.39, 0.29) is 12.3 Å². The average molecular weight is 377 g/mol. The molecule has 0 radical (unpaired) electrons. The highest BCUT2D eigenvalue weighted by atomic mass is 16.5. The zero-order valence-corrected chi connectivity index (χ0v) is 15.7. The monoisotopic (exact) mass is 377 g/mol. The van der Waals surface area contributed by atoms with E-state index >= 15 is 0 Å². The van der Waals surface area contributed by atoms with Crippen molar-refractivity contribution in [3.05, 3.63) is 72.7 Å². The predicted molar refractivity (Wildman–Crippen MR) is 108 cm³/mol. The van der Waals surface area contributed by atoms with Gasteiger partial charge in [-0.25, -0.2) is 9.99 Å². The molecule has 0 spiro atoms. The van der Waals surface area contributed by atoms with E-state index in [1.54, 1.807) is 12.1 Å². The lowest BCUT2D eigenvalue weighted by atomic mass is 10.2. The Morgan fingerprint density at radius 1 is 1.04 bits per heavy atom. The molecule has 1 fully saturated rings. The van der Waals surface area contributed by atoms with Crippen LogP contribution >= 0.6 is 0 Å². The molecule has 1 aliphatic rings. The summed E-state index contributed by atoms with van der Waals surface area (Å²) < 4.78 is 10.8. The number of aromatic amines is 1. The molecule has 144 valence electrons. The van der Waals surface area contributed by atoms with E-state index in [4.69, 9.17) is 15.3 Å². The molecule has 3 N–H and O–H groups in total. The van der Waals surface area contributed by atoms with Crippen molar-refractivity contribution in [3.63, 3.8) is 0 Å². The van der Waals surface area contributed by atoms with Crippen LogP contribution in [-0.4, -0.2) is 46.5 Å². The predicted octanol–water partition coefficient (Wildman–Crippen LogP) is 3.02. The molecule has 2 aromatic heterocycles. The van der Waals surface area contributed by atoms with Gasteiger partial charge in [0.05, 0.1) is 29.8 Å². The molecule has 2 aromatic carbocycles. The third kappa shape index (κ3) is 3.88. The first-order valence-electron chi connectivity index (χ1n) is 9.14. The quantitative estimate of drug-likeness (QED) is 0.522. The van der Waals surface area contributed by atoms with Crippen LogP contribution in [0.5, 0.6) is 0 Å². The lowest BCUT2D eigenvalue weighted by molar-refractivity contribution is -0.155. The highest BCUT2D eigenvalue weighted by Gasteiger charge is 2.32. The van der Waals surface area contributed by atoms with Gasteiger partial charge in [0, 0.05) is 18.7 Å². The Balaban J connectivity index is 0.000000162. The number of benzene rings is 2. The van der Waals surface area contributed by atoms with Crippen LogP contribution in [0.15, 0.2) is 66.9 Å². The number of imidazole rings is 1. The van der Waals surface area contributed by atoms with E-state index in [0.717, 1.165) is 22.4 Å². The van der Waals surface area contributed by atoms with E-state index in [1.165, 1.54) is 5.39 Å². The van der Waals surface area contributed by atoms with Gasteiger partial charge in [-0.1, -0.05) is 36.4 Å². The van der Waals surface area contributed by atoms with Crippen molar-refractivity contribution in [3.8, 4) is 0 Å². The number of nitrogens with one attached hydrogen (secondary N) is 1. The molecule has 28 heavy (non-hydrogen) atoms. The van der Waals surface area contributed by atoms with Gasteiger partial charge < -0.3 is 14.5 Å². The van der Waals surface area contributed by atoms with Gasteiger partial charge in [0.25, 0.3) is 0 Å². The van der Waals surface area contributed by atoms with Crippen molar-refractivity contribution < 1.29 is 9.47 Å². The Bertz CT molecular complexity index is 953. The number of nitrogens with zero attached hydrogens (tertiary/aromatic N) is 3. The van der Waals surface area contributed by atoms with Crippen LogP contribution in [0.4, 0.5) is 0 Å². The summed E-state index contributed by atoms with van der Waals surface area (Å²) in [6.07, 6.45) is 1.57. The van der Waals surface area contributed by atoms with Gasteiger partial charge in [0.15, 0.2) is 0 Å². The topological polar surface area (TPSA) is 89.3 Å². The largest absolute Gasteiger partial charge is 0.375 e. The maximum absolute atomic E-state index is 6.06. The molecule has 5 rings (SSSR count). The Labute approximate surface area is 163 Å². The molecule has 0 bridgehead atoms. The van der Waals surface area contributed by atoms with Crippen LogP contribution in [0.2, 0.25) is 0 Å². The van der Waals surface area contributed by atoms with Gasteiger partial charge in [-0.2, -0.15) is 0 Å². The Morgan fingerprint density at radius 2 is 1.79 bits per heavy atom. The van der Waals surface area contributed by atoms with E-state index in [1.807, 2.05) is 54.7 Å². The molecule has 7 heteroatoms. The lowest BCUT2D eigenvalue weighted by Gasteiger charge is -2.36. The summed E-state index contributed by atoms with van der Waals surface area (Å²) in [5.74, 6) is 6.86. The molecule has 3 heterocycles. The minimum Gasteiger partial charge on any atom is -0.375 e. The van der Waals surface area contributed by atoms with Gasteiger partial charge in [-0.05, 0) is 24.3 Å². The number of para-hydroxylation sites is 3. The molecular formula is C21H23N5O2. The fourth-order valence-electron chi connectivity index (χ4n) is 3.21. The van der Waals surface area contributed by atoms with E-state index in [0.29, 0.717) is 13.2 Å². The maximum Gasteiger partial charge on any atom is 0.146 e. The van der Waals surface area contributed by atoms with Crippen LogP contribution < -0.4 is 5.84 Å². The van der Waals surface area contributed by atoms with Crippen molar-refractivity contribution in [2.45, 2.75) is 12.3 Å². The number of hydrogen-bond donors (Lipinski definition) is 2. The second-order valence-corrected chi connectivity index (χ2v) is 6.53. The zero-order chi connectivity index (χ0) is 19.3. The highest BCUT2D eigenvalue weighted by molar-refractivity contribution is 5.77. The Hall–Kier alpha value is -2.84. The minimum absolute atomic E-state index is 0.115. The van der Waals surface area contributed by atoms with E-state index in [2.05, 4.69) is 27.1 Å². The molecule has 0 saturated carbocycles. The fourth-order valence-corrected chi connectivity index (χ4v) is 3.21. The van der Waals surface area contributed by atoms with Crippen molar-refractivity contribution in [1.29, 1.82) is 0 Å². The van der Waals surface area contributed by atoms with Crippen LogP contribution in [0.1, 0.15) is 11.9 Å². The number of rotatable bonds is 2. The number of nitrogens with two attached hydrogens (primary N) is 1. The lowest BCUT2D eigenvalue weighted by Crippen LogP contribution is -2.52. The second-order valence-electron chi connectivity index (χ2n) is 6.53. The molecule has 2 unspecified atom stereocenters. The summed E-state index contributed by atoms with van der Waals surface area (Å²) in [5.41, 5.74) is 2.99. The normalized spacial score (nSPS) is 20.1. The molecule has 0 amide bonds. The number of hydrazine groups is 1. The Kier molecular flexibility index (Phi) is 5.59. The third-order valence-electron chi connectivity index (χ3n) is 4.74. The van der Waals surface area contributed by atoms with Crippen LogP contribution in [0.3, 0.4) is 0 Å². The SMILES string of the molecule is COC1COCC(c2nc3ccccc3[nH]2)N1N.c1ccc2ncccc2c1. The third-order valence-corrected chi connectivity index (χ3v) is 4.74. The van der Waals surface area contributed by atoms with Gasteiger partial charge >= 0.3 is 0 Å². The number of ether oxygens (including phenoxy) is 2. The molecule has 1 aliphatic heterocycles. The second kappa shape index (κ2) is 8.45. The van der Waals surface area contributed by atoms with Crippen LogP contribution in [0, 0.1) is 0 Å². The zero-order valence-electron chi connectivity index (χ0n) is 15.7. The Morgan fingerprint density at radius 3 is 2.57 bits per heavy atom. The van der Waals surface area contributed by atoms with Crippen molar-refractivity contribution in [1.82, 2.24) is 20.0 Å². The number of pyridine rings is 1. The van der Waals surface area contributed by atoms with E-state index < -0.39 is 0 Å². The van der Waals surface area contributed by atoms with Gasteiger partial charge in [0.2, 0.25) is 0 Å². The average Bonchev–Trinajstić information content (AvgIpc) is 3.18. The van der Waals surface area contributed by atoms with Gasteiger partial charge in [-0.3, -0.25) is 10.8 Å². The maximum atomic E-state index is 6.06. The summed E-state index contributed by atoms with van der Waals surface area (Å²) in [7, 11) is 1.62. The molecule has 2 atom stereocenters. The minimum atomic E-state index is -0.239. The number of aromatic nitrogens is 3. The number of H-pyrrole nitrogens is 1. The summed E-state index contributed by atoms with van der Waals surface area (Å²) in [4.78, 5) is 12.0. The van der Waals surface area contributed by atoms with Crippen LogP contribution in [0.25, 0.3) is 21.9 Å². The first-order chi connectivity index (χ1) is 13.8. The molecule has 4 aromatic rings. The molecule has 0 aliphatic carbocycles. The number of hydrogen-bond acceptors (Lipinski definition) is 6. The summed E-state index contributed by atoms with van der Waals surface area (Å²) in [6, 6.07) is 19.9. The number of fused-ring (bicyclic) bond motifs is 2. The van der Waals surface area contributed by atoms with E-state index in [9.17, 15) is 0 Å². The van der Waals surface area contributed by atoms with Gasteiger partial charge in [-0.15, -0.1) is 0 Å². The summed E-state index contributed by atoms with van der Waals surface area (Å²) in [5, 5.41) is 2.85. The number of methoxy groups -OCH3 is 1. The van der Waals surface area contributed by atoms with Crippen molar-refractivity contribution in [2.24, 2.45) is 5.84 Å². The molecular weight excluding hydrogens is 354 g/mol. The first-order valence-corrected chi connectivity index (χ1v) is 9.14. The van der Waals surface area contributed by atoms with Crippen LogP contribution in [-0.2, 0) is 9.47 Å². The molecule has 1 saturated heterocycles. The fraction of sp³-hybridized carbons (Fsp3) is 0.238. The first kappa shape index (κ1) is 18.5. The smallest absolute Gasteiger partial charge is 0.146 e. The number of morpholine rings is 1. The van der Waals surface area contributed by atoms with Crippen molar-refractivity contribution >= 4 is 21.9 Å². The standard InChI is InChI=1S/C12H16N4O2.C9H7N/c1-17-11-7-18-6-10(16(11)13)12-14-8-4-2-3-5-9(8)15-12;1-2-6-9-8(4-1)5-3-7-10-9/h2-5,10-11H,6-7,13H2,1H3,(H,14,15);1-7H. The van der Waals surface area contributed by atoms with Crippen molar-refractivity contribution in [2.75, 3.05) is 20.3 Å².